The van der Waals surface area contributed by atoms with Gasteiger partial charge in [-0.2, -0.15) is 0 Å². The molecule has 4 rings (SSSR count). The highest BCUT2D eigenvalue weighted by atomic mass is 79.9. The lowest BCUT2D eigenvalue weighted by atomic mass is 10.1. The molecule has 1 aromatic heterocycles. The van der Waals surface area contributed by atoms with Gasteiger partial charge in [0.1, 0.15) is 12.4 Å². The molecule has 4 aromatic rings. The quantitative estimate of drug-likeness (QED) is 0.293. The van der Waals surface area contributed by atoms with Gasteiger partial charge >= 0.3 is 5.97 Å². The highest BCUT2D eigenvalue weighted by Crippen LogP contribution is 2.36. The molecule has 0 aliphatic rings. The van der Waals surface area contributed by atoms with E-state index in [1.54, 1.807) is 18.2 Å². The number of carbonyl (C=O) groups is 1. The first-order chi connectivity index (χ1) is 15.3. The summed E-state index contributed by atoms with van der Waals surface area (Å²) in [4.78, 5) is 11.5. The molecule has 0 saturated heterocycles. The van der Waals surface area contributed by atoms with E-state index in [9.17, 15) is 9.90 Å². The molecule has 0 spiro atoms. The van der Waals surface area contributed by atoms with Gasteiger partial charge in [-0.25, -0.2) is 4.79 Å². The zero-order chi connectivity index (χ0) is 22.8. The van der Waals surface area contributed by atoms with Gasteiger partial charge in [-0.15, -0.1) is 0 Å². The lowest BCUT2D eigenvalue weighted by molar-refractivity contribution is 0.0697. The normalized spacial score (nSPS) is 10.9. The molecule has 1 N–H and O–H groups in total. The molecular formula is C26H21BrClNO3. The van der Waals surface area contributed by atoms with Crippen LogP contribution in [0.15, 0.2) is 77.3 Å². The number of hydrogen-bond acceptors (Lipinski definition) is 2. The highest BCUT2D eigenvalue weighted by molar-refractivity contribution is 9.10. The number of aromatic carboxylic acids is 1. The molecule has 0 aliphatic carbocycles. The SMILES string of the molecule is Cc1cccc(Cl)c1COc1ccc(Br)cc1-c1ccc(C)n1-c1cccc(C(=O)O)c1. The van der Waals surface area contributed by atoms with Gasteiger partial charge in [0.15, 0.2) is 0 Å². The molecule has 3 aromatic carbocycles. The molecular weight excluding hydrogens is 490 g/mol. The van der Waals surface area contributed by atoms with Crippen LogP contribution >= 0.6 is 27.5 Å². The van der Waals surface area contributed by atoms with Crippen LogP contribution in [0.2, 0.25) is 5.02 Å². The van der Waals surface area contributed by atoms with Crippen LogP contribution in [0, 0.1) is 13.8 Å². The number of aromatic nitrogens is 1. The number of carboxylic acid groups (broad SMARTS) is 1. The standard InChI is InChI=1S/C26H21BrClNO3/c1-16-5-3-8-23(28)22(16)15-32-25-12-10-19(27)14-21(25)24-11-9-17(2)29(24)20-7-4-6-18(13-20)26(30)31/h3-14H,15H2,1-2H3,(H,30,31). The number of hydrogen-bond donors (Lipinski definition) is 1. The molecule has 32 heavy (non-hydrogen) atoms. The van der Waals surface area contributed by atoms with Crippen molar-refractivity contribution in [2.24, 2.45) is 0 Å². The molecule has 162 valence electrons. The zero-order valence-corrected chi connectivity index (χ0v) is 19.9. The lowest BCUT2D eigenvalue weighted by Gasteiger charge is -2.17. The molecule has 6 heteroatoms. The van der Waals surface area contributed by atoms with Crippen molar-refractivity contribution in [2.45, 2.75) is 20.5 Å². The maximum Gasteiger partial charge on any atom is 0.335 e. The Morgan fingerprint density at radius 1 is 1.03 bits per heavy atom. The Morgan fingerprint density at radius 3 is 2.56 bits per heavy atom. The van der Waals surface area contributed by atoms with Gasteiger partial charge in [-0.05, 0) is 74.0 Å². The summed E-state index contributed by atoms with van der Waals surface area (Å²) in [6.45, 7) is 4.34. The number of rotatable bonds is 6. The Hall–Kier alpha value is -3.02. The van der Waals surface area contributed by atoms with E-state index in [1.807, 2.05) is 73.0 Å². The van der Waals surface area contributed by atoms with Gasteiger partial charge in [-0.1, -0.05) is 45.7 Å². The van der Waals surface area contributed by atoms with Crippen LogP contribution < -0.4 is 4.74 Å². The van der Waals surface area contributed by atoms with Crippen molar-refractivity contribution >= 4 is 33.5 Å². The van der Waals surface area contributed by atoms with Crippen LogP contribution in [0.3, 0.4) is 0 Å². The molecule has 0 atom stereocenters. The number of benzene rings is 3. The number of ether oxygens (including phenoxy) is 1. The highest BCUT2D eigenvalue weighted by Gasteiger charge is 2.16. The molecule has 0 aliphatic heterocycles. The second-order valence-electron chi connectivity index (χ2n) is 7.52. The van der Waals surface area contributed by atoms with Gasteiger partial charge in [0.05, 0.1) is 11.3 Å². The minimum absolute atomic E-state index is 0.237. The van der Waals surface area contributed by atoms with Crippen molar-refractivity contribution in [1.29, 1.82) is 0 Å². The second-order valence-corrected chi connectivity index (χ2v) is 8.84. The largest absolute Gasteiger partial charge is 0.488 e. The van der Waals surface area contributed by atoms with Crippen molar-refractivity contribution in [1.82, 2.24) is 4.57 Å². The molecule has 0 saturated carbocycles. The Kier molecular flexibility index (Phi) is 6.40. The van der Waals surface area contributed by atoms with Gasteiger partial charge in [0.25, 0.3) is 0 Å². The Bertz CT molecular complexity index is 1290. The van der Waals surface area contributed by atoms with Crippen LogP contribution in [0.1, 0.15) is 27.2 Å². The van der Waals surface area contributed by atoms with E-state index in [-0.39, 0.29) is 5.56 Å². The summed E-state index contributed by atoms with van der Waals surface area (Å²) >= 11 is 9.95. The predicted octanol–water partition coefficient (Wildman–Crippen LogP) is 7.45. The number of halogens is 2. The van der Waals surface area contributed by atoms with Crippen molar-refractivity contribution in [2.75, 3.05) is 0 Å². The monoisotopic (exact) mass is 509 g/mol. The average Bonchev–Trinajstić information content (AvgIpc) is 3.15. The molecule has 4 nitrogen and oxygen atoms in total. The minimum atomic E-state index is -0.959. The van der Waals surface area contributed by atoms with Crippen molar-refractivity contribution in [3.8, 4) is 22.7 Å². The smallest absolute Gasteiger partial charge is 0.335 e. The molecule has 0 amide bonds. The first-order valence-electron chi connectivity index (χ1n) is 10.0. The molecule has 0 radical (unpaired) electrons. The lowest BCUT2D eigenvalue weighted by Crippen LogP contribution is -2.04. The Balaban J connectivity index is 1.78. The third-order valence-electron chi connectivity index (χ3n) is 5.37. The van der Waals surface area contributed by atoms with Crippen molar-refractivity contribution in [3.05, 3.63) is 105 Å². The van der Waals surface area contributed by atoms with Gasteiger partial charge in [0, 0.05) is 32.0 Å². The first-order valence-corrected chi connectivity index (χ1v) is 11.2. The summed E-state index contributed by atoms with van der Waals surface area (Å²) in [7, 11) is 0. The van der Waals surface area contributed by atoms with Crippen LogP contribution in [0.25, 0.3) is 16.9 Å². The molecule has 0 unspecified atom stereocenters. The number of aryl methyl sites for hydroxylation is 2. The van der Waals surface area contributed by atoms with E-state index in [1.165, 1.54) is 0 Å². The predicted molar refractivity (Wildman–Crippen MR) is 131 cm³/mol. The summed E-state index contributed by atoms with van der Waals surface area (Å²) in [6, 6.07) is 22.6. The fourth-order valence-corrected chi connectivity index (χ4v) is 4.33. The fraction of sp³-hybridized carbons (Fsp3) is 0.115. The molecule has 0 bridgehead atoms. The number of carboxylic acids is 1. The Labute approximate surface area is 200 Å². The van der Waals surface area contributed by atoms with Crippen LogP contribution in [-0.2, 0) is 6.61 Å². The van der Waals surface area contributed by atoms with Crippen LogP contribution in [0.4, 0.5) is 0 Å². The summed E-state index contributed by atoms with van der Waals surface area (Å²) in [5, 5.41) is 10.1. The fourth-order valence-electron chi connectivity index (χ4n) is 3.70. The van der Waals surface area contributed by atoms with Gasteiger partial charge in [0.2, 0.25) is 0 Å². The van der Waals surface area contributed by atoms with E-state index in [4.69, 9.17) is 16.3 Å². The summed E-state index contributed by atoms with van der Waals surface area (Å²) in [6.07, 6.45) is 0. The van der Waals surface area contributed by atoms with Gasteiger partial charge < -0.3 is 14.4 Å². The molecule has 0 fully saturated rings. The third-order valence-corrected chi connectivity index (χ3v) is 6.22. The summed E-state index contributed by atoms with van der Waals surface area (Å²) < 4.78 is 9.19. The third kappa shape index (κ3) is 4.45. The van der Waals surface area contributed by atoms with Crippen LogP contribution in [-0.4, -0.2) is 15.6 Å². The van der Waals surface area contributed by atoms with E-state index in [0.717, 1.165) is 38.2 Å². The average molecular weight is 511 g/mol. The minimum Gasteiger partial charge on any atom is -0.488 e. The Morgan fingerprint density at radius 2 is 1.81 bits per heavy atom. The summed E-state index contributed by atoms with van der Waals surface area (Å²) in [5.74, 6) is -0.249. The zero-order valence-electron chi connectivity index (χ0n) is 17.6. The van der Waals surface area contributed by atoms with Crippen molar-refractivity contribution < 1.29 is 14.6 Å². The number of nitrogens with zero attached hydrogens (tertiary/aromatic N) is 1. The summed E-state index contributed by atoms with van der Waals surface area (Å²) in [5.41, 5.74) is 5.80. The van der Waals surface area contributed by atoms with Crippen molar-refractivity contribution in [3.63, 3.8) is 0 Å². The van der Waals surface area contributed by atoms with Crippen LogP contribution in [0.5, 0.6) is 5.75 Å². The first kappa shape index (κ1) is 22.2. The van der Waals surface area contributed by atoms with E-state index in [2.05, 4.69) is 15.9 Å². The van der Waals surface area contributed by atoms with E-state index in [0.29, 0.717) is 17.4 Å². The topological polar surface area (TPSA) is 51.5 Å². The molecule has 1 heterocycles. The van der Waals surface area contributed by atoms with Gasteiger partial charge in [-0.3, -0.25) is 0 Å². The maximum atomic E-state index is 11.5. The van der Waals surface area contributed by atoms with E-state index >= 15 is 0 Å². The maximum absolute atomic E-state index is 11.5. The van der Waals surface area contributed by atoms with E-state index < -0.39 is 5.97 Å². The second kappa shape index (κ2) is 9.23.